The van der Waals surface area contributed by atoms with Gasteiger partial charge in [0.05, 0.1) is 34.2 Å². The average Bonchev–Trinajstić information content (AvgIpc) is 3.28. The van der Waals surface area contributed by atoms with Gasteiger partial charge in [-0.1, -0.05) is 22.7 Å². The number of aromatic nitrogens is 2. The van der Waals surface area contributed by atoms with Crippen molar-refractivity contribution in [1.82, 2.24) is 9.80 Å². The molecular weight excluding hydrogens is 656 g/mol. The number of nitrogens with zero attached hydrogens (tertiary/aromatic N) is 4. The van der Waals surface area contributed by atoms with Crippen LogP contribution in [0.5, 0.6) is 0 Å². The normalized spacial score (nSPS) is 23.1. The third-order valence-electron chi connectivity index (χ3n) is 6.75. The van der Waals surface area contributed by atoms with Crippen molar-refractivity contribution in [3.8, 4) is 0 Å². The van der Waals surface area contributed by atoms with E-state index in [9.17, 15) is 9.59 Å². The first-order chi connectivity index (χ1) is 16.9. The molecule has 0 spiro atoms. The van der Waals surface area contributed by atoms with Gasteiger partial charge in [-0.25, -0.2) is 0 Å². The Morgan fingerprint density at radius 3 is 1.24 bits per heavy atom. The molecule has 4 unspecified atom stereocenters. The minimum Gasteiger partial charge on any atom is -1.00 e. The number of halogens is 2. The molecule has 2 aliphatic heterocycles. The molecule has 2 fully saturated rings. The summed E-state index contributed by atoms with van der Waals surface area (Å²) in [5.41, 5.74) is 6.41. The first-order valence-electron chi connectivity index (χ1n) is 12.7. The fourth-order valence-corrected chi connectivity index (χ4v) is 6.20. The number of amides is 2. The number of carbonyl (C=O) groups is 2. The first-order valence-corrected chi connectivity index (χ1v) is 14.4. The molecule has 216 valence electrons. The maximum Gasteiger partial charge on any atom is 0.288 e. The Hall–Kier alpha value is -0.920. The van der Waals surface area contributed by atoms with E-state index in [1.807, 2.05) is 57.7 Å². The second-order valence-corrected chi connectivity index (χ2v) is 12.2. The fraction of sp³-hybridized carbons (Fsp3) is 0.692. The second kappa shape index (κ2) is 15.8. The summed E-state index contributed by atoms with van der Waals surface area (Å²) >= 11 is 3.38. The minimum absolute atomic E-state index is 0. The highest BCUT2D eigenvalue weighted by Gasteiger charge is 2.29. The summed E-state index contributed by atoms with van der Waals surface area (Å²) < 4.78 is 15.4. The predicted molar refractivity (Wildman–Crippen MR) is 141 cm³/mol. The van der Waals surface area contributed by atoms with Crippen LogP contribution < -0.4 is 43.1 Å². The molecule has 8 nitrogen and oxygen atoms in total. The first kappa shape index (κ1) is 35.1. The highest BCUT2D eigenvalue weighted by atomic mass is 79.9. The van der Waals surface area contributed by atoms with E-state index in [0.29, 0.717) is 39.3 Å². The van der Waals surface area contributed by atoms with Crippen LogP contribution in [0.25, 0.3) is 0 Å². The van der Waals surface area contributed by atoms with Gasteiger partial charge < -0.3 is 53.2 Å². The van der Waals surface area contributed by atoms with Crippen LogP contribution in [0.2, 0.25) is 0 Å². The molecule has 38 heavy (non-hydrogen) atoms. The van der Waals surface area contributed by atoms with E-state index in [1.165, 1.54) is 21.1 Å². The van der Waals surface area contributed by atoms with Crippen molar-refractivity contribution in [3.05, 3.63) is 32.2 Å². The number of thiazole rings is 2. The number of carbonyl (C=O) groups excluding carboxylic acids is 2. The maximum absolute atomic E-state index is 12.3. The molecule has 2 aromatic rings. The molecule has 12 heteroatoms. The SMILES string of the molecule is Cc1sc[n+](CC(=O)N2CC(C)OC(C)C2)c1C.Cc1sc[n+](CC(=O)N2CC(C)OC(C)C2)c1C.[Br-].[Br-]. The van der Waals surface area contributed by atoms with Gasteiger partial charge in [0.15, 0.2) is 11.4 Å². The highest BCUT2D eigenvalue weighted by molar-refractivity contribution is 7.09. The molecule has 0 saturated carbocycles. The maximum atomic E-state index is 12.3. The number of ether oxygens (including phenoxy) is 2. The van der Waals surface area contributed by atoms with Gasteiger partial charge in [-0.15, -0.1) is 0 Å². The lowest BCUT2D eigenvalue weighted by Gasteiger charge is -2.34. The van der Waals surface area contributed by atoms with Gasteiger partial charge in [-0.3, -0.25) is 9.59 Å². The molecule has 2 saturated heterocycles. The van der Waals surface area contributed by atoms with Crippen LogP contribution in [-0.4, -0.2) is 72.2 Å². The van der Waals surface area contributed by atoms with Crippen LogP contribution in [0.4, 0.5) is 0 Å². The summed E-state index contributed by atoms with van der Waals surface area (Å²) in [6, 6.07) is 0. The van der Waals surface area contributed by atoms with E-state index in [-0.39, 0.29) is 70.2 Å². The van der Waals surface area contributed by atoms with Crippen molar-refractivity contribution in [1.29, 1.82) is 0 Å². The summed E-state index contributed by atoms with van der Waals surface area (Å²) in [6.07, 6.45) is 0.530. The van der Waals surface area contributed by atoms with Crippen LogP contribution in [0.3, 0.4) is 0 Å². The highest BCUT2D eigenvalue weighted by Crippen LogP contribution is 2.13. The molecule has 0 bridgehead atoms. The summed E-state index contributed by atoms with van der Waals surface area (Å²) in [7, 11) is 0. The Bertz CT molecular complexity index is 962. The van der Waals surface area contributed by atoms with Gasteiger partial charge in [0.1, 0.15) is 0 Å². The van der Waals surface area contributed by atoms with Crippen LogP contribution in [0, 0.1) is 27.7 Å². The van der Waals surface area contributed by atoms with E-state index in [1.54, 1.807) is 22.7 Å². The third-order valence-corrected chi connectivity index (χ3v) is 8.77. The van der Waals surface area contributed by atoms with Gasteiger partial charge in [-0.2, -0.15) is 9.13 Å². The average molecular weight is 699 g/mol. The third kappa shape index (κ3) is 9.62. The smallest absolute Gasteiger partial charge is 0.288 e. The quantitative estimate of drug-likeness (QED) is 0.313. The van der Waals surface area contributed by atoms with E-state index in [0.717, 1.165) is 0 Å². The predicted octanol–water partition coefficient (Wildman–Crippen LogP) is -3.42. The molecule has 0 aromatic carbocycles. The van der Waals surface area contributed by atoms with Gasteiger partial charge in [0, 0.05) is 40.0 Å². The number of hydrogen-bond donors (Lipinski definition) is 0. The Morgan fingerprint density at radius 2 is 1.00 bits per heavy atom. The van der Waals surface area contributed by atoms with Crippen LogP contribution in [-0.2, 0) is 32.2 Å². The number of morpholine rings is 2. The lowest BCUT2D eigenvalue weighted by molar-refractivity contribution is -0.686. The van der Waals surface area contributed by atoms with E-state index in [2.05, 4.69) is 27.7 Å². The topological polar surface area (TPSA) is 66.8 Å². The molecule has 4 atom stereocenters. The lowest BCUT2D eigenvalue weighted by Crippen LogP contribution is -3.00. The molecule has 0 radical (unpaired) electrons. The Kier molecular flexibility index (Phi) is 14.6. The monoisotopic (exact) mass is 696 g/mol. The van der Waals surface area contributed by atoms with Gasteiger partial charge >= 0.3 is 0 Å². The second-order valence-electron chi connectivity index (χ2n) is 10.1. The minimum atomic E-state index is 0. The standard InChI is InChI=1S/2C13H21N2O2S.2BrH/c2*1-9-5-14(6-10(2)17-9)13(16)7-15-8-18-12(4)11(15)3;;/h2*8-10H,5-7H2,1-4H3;2*1H/q2*+1;;/p-2. The summed E-state index contributed by atoms with van der Waals surface area (Å²) in [5, 5.41) is 0. The number of rotatable bonds is 4. The van der Waals surface area contributed by atoms with E-state index >= 15 is 0 Å². The van der Waals surface area contributed by atoms with Crippen LogP contribution in [0.1, 0.15) is 48.8 Å². The number of hydrogen-bond acceptors (Lipinski definition) is 6. The van der Waals surface area contributed by atoms with E-state index < -0.39 is 0 Å². The molecular formula is C26H42Br2N4O4S2. The van der Waals surface area contributed by atoms with Crippen molar-refractivity contribution < 1.29 is 62.2 Å². The van der Waals surface area contributed by atoms with Gasteiger partial charge in [-0.05, 0) is 41.5 Å². The Morgan fingerprint density at radius 1 is 0.711 bits per heavy atom. The molecule has 4 rings (SSSR count). The summed E-state index contributed by atoms with van der Waals surface area (Å²) in [6.45, 7) is 20.0. The van der Waals surface area contributed by atoms with E-state index in [4.69, 9.17) is 9.47 Å². The molecule has 0 aliphatic carbocycles. The van der Waals surface area contributed by atoms with Crippen molar-refractivity contribution >= 4 is 34.5 Å². The Balaban J connectivity index is 0.000000361. The van der Waals surface area contributed by atoms with Crippen molar-refractivity contribution in [3.63, 3.8) is 0 Å². The zero-order valence-corrected chi connectivity index (χ0v) is 28.5. The molecule has 4 heterocycles. The largest absolute Gasteiger partial charge is 1.00 e. The molecule has 2 amide bonds. The van der Waals surface area contributed by atoms with Crippen LogP contribution in [0.15, 0.2) is 11.0 Å². The van der Waals surface area contributed by atoms with Crippen molar-refractivity contribution in [2.24, 2.45) is 0 Å². The summed E-state index contributed by atoms with van der Waals surface area (Å²) in [5.74, 6) is 0.366. The zero-order chi connectivity index (χ0) is 26.6. The number of aryl methyl sites for hydroxylation is 2. The Labute approximate surface area is 256 Å². The van der Waals surface area contributed by atoms with Crippen molar-refractivity contribution in [2.45, 2.75) is 92.9 Å². The zero-order valence-electron chi connectivity index (χ0n) is 23.7. The molecule has 2 aromatic heterocycles. The fourth-order valence-electron chi connectivity index (χ4n) is 4.58. The summed E-state index contributed by atoms with van der Waals surface area (Å²) in [4.78, 5) is 30.9. The molecule has 0 N–H and O–H groups in total. The van der Waals surface area contributed by atoms with Crippen LogP contribution >= 0.6 is 22.7 Å². The molecule has 2 aliphatic rings. The van der Waals surface area contributed by atoms with Crippen molar-refractivity contribution in [2.75, 3.05) is 26.2 Å². The van der Waals surface area contributed by atoms with Gasteiger partial charge in [0.25, 0.3) is 11.8 Å². The van der Waals surface area contributed by atoms with Gasteiger partial charge in [0.2, 0.25) is 24.1 Å². The lowest BCUT2D eigenvalue weighted by atomic mass is 10.2.